The molecule has 0 radical (unpaired) electrons. The predicted octanol–water partition coefficient (Wildman–Crippen LogP) is 2.45. The molecule has 2 N–H and O–H groups in total. The molecule has 0 amide bonds. The molecule has 2 fully saturated rings. The van der Waals surface area contributed by atoms with Crippen molar-refractivity contribution in [1.29, 1.82) is 0 Å². The van der Waals surface area contributed by atoms with E-state index in [0.29, 0.717) is 36.3 Å². The highest BCUT2D eigenvalue weighted by atomic mass is 79.9. The number of guanidine groups is 1. The van der Waals surface area contributed by atoms with Gasteiger partial charge in [-0.15, -0.1) is 0 Å². The average molecular weight is 398 g/mol. The molecule has 1 aromatic rings. The lowest BCUT2D eigenvalue weighted by Gasteiger charge is -2.23. The number of hydrogen-bond acceptors (Lipinski definition) is 4. The van der Waals surface area contributed by atoms with Crippen molar-refractivity contribution < 1.29 is 14.2 Å². The Kier molecular flexibility index (Phi) is 5.50. The van der Waals surface area contributed by atoms with Gasteiger partial charge in [-0.1, -0.05) is 15.9 Å². The van der Waals surface area contributed by atoms with Crippen LogP contribution in [0.3, 0.4) is 0 Å². The maximum Gasteiger partial charge on any atom is 0.191 e. The molecule has 2 heterocycles. The summed E-state index contributed by atoms with van der Waals surface area (Å²) in [6, 6.07) is 4.23. The first-order chi connectivity index (χ1) is 11.6. The fourth-order valence-corrected chi connectivity index (χ4v) is 3.83. The smallest absolute Gasteiger partial charge is 0.191 e. The number of fused-ring (bicyclic) bond motifs is 2. The van der Waals surface area contributed by atoms with Gasteiger partial charge in [-0.3, -0.25) is 4.99 Å². The van der Waals surface area contributed by atoms with Crippen molar-refractivity contribution in [2.24, 2.45) is 4.99 Å². The predicted molar refractivity (Wildman–Crippen MR) is 96.9 cm³/mol. The van der Waals surface area contributed by atoms with Crippen molar-refractivity contribution >= 4 is 21.9 Å². The molecular formula is C17H24BrN3O3. The van der Waals surface area contributed by atoms with Gasteiger partial charge in [-0.25, -0.2) is 0 Å². The summed E-state index contributed by atoms with van der Waals surface area (Å²) in [7, 11) is 5.05. The van der Waals surface area contributed by atoms with Gasteiger partial charge in [-0.05, 0) is 37.0 Å². The van der Waals surface area contributed by atoms with Crippen LogP contribution in [0.5, 0.6) is 11.5 Å². The second kappa shape index (κ2) is 7.61. The van der Waals surface area contributed by atoms with Gasteiger partial charge in [0.05, 0.1) is 32.5 Å². The van der Waals surface area contributed by atoms with Crippen LogP contribution in [-0.2, 0) is 11.3 Å². The van der Waals surface area contributed by atoms with Crippen LogP contribution in [0.15, 0.2) is 21.6 Å². The third kappa shape index (κ3) is 3.62. The van der Waals surface area contributed by atoms with Crippen molar-refractivity contribution in [2.45, 2.75) is 44.1 Å². The first-order valence-electron chi connectivity index (χ1n) is 8.17. The van der Waals surface area contributed by atoms with Crippen molar-refractivity contribution in [3.8, 4) is 11.5 Å². The van der Waals surface area contributed by atoms with Crippen LogP contribution >= 0.6 is 15.9 Å². The Morgan fingerprint density at radius 3 is 2.62 bits per heavy atom. The van der Waals surface area contributed by atoms with E-state index >= 15 is 0 Å². The van der Waals surface area contributed by atoms with E-state index < -0.39 is 0 Å². The van der Waals surface area contributed by atoms with Gasteiger partial charge >= 0.3 is 0 Å². The molecule has 3 unspecified atom stereocenters. The van der Waals surface area contributed by atoms with E-state index in [-0.39, 0.29) is 0 Å². The Hall–Kier alpha value is -1.47. The van der Waals surface area contributed by atoms with E-state index in [2.05, 4.69) is 31.6 Å². The van der Waals surface area contributed by atoms with Crippen molar-refractivity contribution in [3.63, 3.8) is 0 Å². The van der Waals surface area contributed by atoms with Gasteiger partial charge in [0.1, 0.15) is 0 Å². The van der Waals surface area contributed by atoms with E-state index in [0.717, 1.165) is 28.8 Å². The summed E-state index contributed by atoms with van der Waals surface area (Å²) in [5.74, 6) is 2.20. The molecule has 0 spiro atoms. The number of hydrogen-bond donors (Lipinski definition) is 2. The van der Waals surface area contributed by atoms with Crippen LogP contribution < -0.4 is 20.1 Å². The summed E-state index contributed by atoms with van der Waals surface area (Å²) in [4.78, 5) is 4.32. The summed E-state index contributed by atoms with van der Waals surface area (Å²) >= 11 is 3.58. The minimum Gasteiger partial charge on any atom is -0.493 e. The molecule has 2 aliphatic rings. The van der Waals surface area contributed by atoms with Crippen molar-refractivity contribution in [2.75, 3.05) is 21.3 Å². The molecule has 3 rings (SSSR count). The van der Waals surface area contributed by atoms with Crippen molar-refractivity contribution in [3.05, 3.63) is 22.2 Å². The van der Waals surface area contributed by atoms with Crippen LogP contribution in [0.4, 0.5) is 0 Å². The fraction of sp³-hybridized carbons (Fsp3) is 0.588. The number of benzene rings is 1. The SMILES string of the molecule is CN=C(NCc1cc(OC)c(OC)cc1Br)NC1CC2CCC1O2. The molecule has 7 heteroatoms. The van der Waals surface area contributed by atoms with Gasteiger partial charge in [0.15, 0.2) is 17.5 Å². The van der Waals surface area contributed by atoms with E-state index in [1.807, 2.05) is 12.1 Å². The highest BCUT2D eigenvalue weighted by Gasteiger charge is 2.41. The molecule has 24 heavy (non-hydrogen) atoms. The second-order valence-electron chi connectivity index (χ2n) is 6.08. The first-order valence-corrected chi connectivity index (χ1v) is 8.97. The number of methoxy groups -OCH3 is 2. The zero-order valence-corrected chi connectivity index (χ0v) is 15.9. The molecule has 3 atom stereocenters. The third-order valence-corrected chi connectivity index (χ3v) is 5.39. The summed E-state index contributed by atoms with van der Waals surface area (Å²) in [6.07, 6.45) is 4.13. The standard InChI is InChI=1S/C17H24BrN3O3/c1-19-17(21-13-7-11-4-5-14(13)24-11)20-9-10-6-15(22-2)16(23-3)8-12(10)18/h6,8,11,13-14H,4-5,7,9H2,1-3H3,(H2,19,20,21). The summed E-state index contributed by atoms with van der Waals surface area (Å²) in [5.41, 5.74) is 1.07. The Balaban J connectivity index is 1.61. The van der Waals surface area contributed by atoms with E-state index in [1.54, 1.807) is 21.3 Å². The van der Waals surface area contributed by atoms with Gasteiger partial charge in [0, 0.05) is 18.1 Å². The second-order valence-corrected chi connectivity index (χ2v) is 6.94. The van der Waals surface area contributed by atoms with E-state index in [9.17, 15) is 0 Å². The number of ether oxygens (including phenoxy) is 3. The molecule has 6 nitrogen and oxygen atoms in total. The molecule has 0 aliphatic carbocycles. The quantitative estimate of drug-likeness (QED) is 0.590. The van der Waals surface area contributed by atoms with Crippen LogP contribution in [0.1, 0.15) is 24.8 Å². The maximum absolute atomic E-state index is 5.88. The fourth-order valence-electron chi connectivity index (χ4n) is 3.37. The third-order valence-electron chi connectivity index (χ3n) is 4.65. The minimum absolute atomic E-state index is 0.321. The van der Waals surface area contributed by atoms with Crippen LogP contribution in [0.25, 0.3) is 0 Å². The molecule has 0 aromatic heterocycles. The zero-order valence-electron chi connectivity index (χ0n) is 14.3. The minimum atomic E-state index is 0.321. The molecular weight excluding hydrogens is 374 g/mol. The summed E-state index contributed by atoms with van der Waals surface area (Å²) < 4.78 is 17.5. The largest absolute Gasteiger partial charge is 0.493 e. The normalized spacial score (nSPS) is 25.7. The average Bonchev–Trinajstić information content (AvgIpc) is 3.21. The molecule has 1 aromatic carbocycles. The molecule has 2 saturated heterocycles. The number of nitrogens with zero attached hydrogens (tertiary/aromatic N) is 1. The Morgan fingerprint density at radius 1 is 1.29 bits per heavy atom. The molecule has 132 valence electrons. The van der Waals surface area contributed by atoms with Crippen LogP contribution in [0.2, 0.25) is 0 Å². The monoisotopic (exact) mass is 397 g/mol. The Bertz CT molecular complexity index is 623. The zero-order chi connectivity index (χ0) is 17.1. The van der Waals surface area contributed by atoms with Crippen molar-refractivity contribution in [1.82, 2.24) is 10.6 Å². The maximum atomic E-state index is 5.88. The lowest BCUT2D eigenvalue weighted by molar-refractivity contribution is 0.0992. The summed E-state index contributed by atoms with van der Waals surface area (Å²) in [6.45, 7) is 0.627. The van der Waals surface area contributed by atoms with Crippen LogP contribution in [0, 0.1) is 0 Å². The Labute approximate surface area is 151 Å². The molecule has 2 bridgehead atoms. The van der Waals surface area contributed by atoms with Gasteiger partial charge in [-0.2, -0.15) is 0 Å². The summed E-state index contributed by atoms with van der Waals surface area (Å²) in [5, 5.41) is 6.84. The van der Waals surface area contributed by atoms with Crippen LogP contribution in [-0.4, -0.2) is 45.5 Å². The van der Waals surface area contributed by atoms with E-state index in [1.165, 1.54) is 6.42 Å². The number of nitrogens with one attached hydrogen (secondary N) is 2. The van der Waals surface area contributed by atoms with Gasteiger partial charge < -0.3 is 24.8 Å². The lowest BCUT2D eigenvalue weighted by atomic mass is 9.96. The number of rotatable bonds is 5. The highest BCUT2D eigenvalue weighted by Crippen LogP contribution is 2.34. The Morgan fingerprint density at radius 2 is 2.04 bits per heavy atom. The molecule has 2 aliphatic heterocycles. The van der Waals surface area contributed by atoms with Gasteiger partial charge in [0.25, 0.3) is 0 Å². The number of halogens is 1. The lowest BCUT2D eigenvalue weighted by Crippen LogP contribution is -2.47. The molecule has 0 saturated carbocycles. The highest BCUT2D eigenvalue weighted by molar-refractivity contribution is 9.10. The van der Waals surface area contributed by atoms with Gasteiger partial charge in [0.2, 0.25) is 0 Å². The topological polar surface area (TPSA) is 64.1 Å². The first kappa shape index (κ1) is 17.4. The number of aliphatic imine (C=N–C) groups is 1. The van der Waals surface area contributed by atoms with E-state index in [4.69, 9.17) is 14.2 Å².